The summed E-state index contributed by atoms with van der Waals surface area (Å²) in [5, 5.41) is 10.1. The number of rotatable bonds is 9. The third-order valence-corrected chi connectivity index (χ3v) is 4.61. The van der Waals surface area contributed by atoms with Gasteiger partial charge in [0.1, 0.15) is 0 Å². The van der Waals surface area contributed by atoms with Gasteiger partial charge in [0, 0.05) is 6.26 Å². The van der Waals surface area contributed by atoms with Crippen molar-refractivity contribution >= 4 is 9.84 Å². The minimum absolute atomic E-state index is 0.275. The van der Waals surface area contributed by atoms with E-state index in [-0.39, 0.29) is 4.90 Å². The molecule has 114 valence electrons. The lowest BCUT2D eigenvalue weighted by Gasteiger charge is -2.12. The summed E-state index contributed by atoms with van der Waals surface area (Å²) >= 11 is 0. The summed E-state index contributed by atoms with van der Waals surface area (Å²) in [5.41, 5.74) is 0.696. The van der Waals surface area contributed by atoms with Gasteiger partial charge in [0.15, 0.2) is 9.84 Å². The Hall–Kier alpha value is -0.870. The fraction of sp³-hybridized carbons (Fsp3) is 0.625. The summed E-state index contributed by atoms with van der Waals surface area (Å²) in [6.45, 7) is 2.19. The second-order valence-electron chi connectivity index (χ2n) is 5.42. The van der Waals surface area contributed by atoms with E-state index in [0.29, 0.717) is 12.0 Å². The SMILES string of the molecule is CCCCCCCCC(O)c1cccc(S(C)(=O)=O)c1. The van der Waals surface area contributed by atoms with Gasteiger partial charge in [0.05, 0.1) is 11.0 Å². The molecule has 1 aromatic rings. The van der Waals surface area contributed by atoms with Gasteiger partial charge in [-0.1, -0.05) is 57.6 Å². The second kappa shape index (κ2) is 8.42. The molecule has 0 heterocycles. The lowest BCUT2D eigenvalue weighted by Crippen LogP contribution is -2.02. The van der Waals surface area contributed by atoms with Crippen molar-refractivity contribution in [3.63, 3.8) is 0 Å². The molecule has 0 spiro atoms. The standard InChI is InChI=1S/C16H26O3S/c1-3-4-5-6-7-8-12-16(17)14-10-9-11-15(13-14)20(2,18)19/h9-11,13,16-17H,3-8,12H2,1-2H3. The van der Waals surface area contributed by atoms with E-state index in [4.69, 9.17) is 0 Å². The molecule has 1 rings (SSSR count). The van der Waals surface area contributed by atoms with E-state index in [1.807, 2.05) is 0 Å². The van der Waals surface area contributed by atoms with Crippen LogP contribution in [-0.2, 0) is 9.84 Å². The molecule has 0 radical (unpaired) electrons. The van der Waals surface area contributed by atoms with E-state index in [2.05, 4.69) is 6.92 Å². The number of hydrogen-bond acceptors (Lipinski definition) is 3. The molecule has 0 saturated heterocycles. The van der Waals surface area contributed by atoms with E-state index in [1.54, 1.807) is 24.3 Å². The van der Waals surface area contributed by atoms with Gasteiger partial charge < -0.3 is 5.11 Å². The molecule has 0 aliphatic rings. The van der Waals surface area contributed by atoms with Crippen LogP contribution in [0.2, 0.25) is 0 Å². The summed E-state index contributed by atoms with van der Waals surface area (Å²) in [6.07, 6.45) is 8.41. The zero-order valence-corrected chi connectivity index (χ0v) is 13.3. The Balaban J connectivity index is 2.45. The summed E-state index contributed by atoms with van der Waals surface area (Å²) in [5.74, 6) is 0. The Kier molecular flexibility index (Phi) is 7.24. The van der Waals surface area contributed by atoms with Crippen molar-refractivity contribution in [1.29, 1.82) is 0 Å². The van der Waals surface area contributed by atoms with Gasteiger partial charge >= 0.3 is 0 Å². The van der Waals surface area contributed by atoms with Gasteiger partial charge in [0.2, 0.25) is 0 Å². The molecule has 0 aliphatic heterocycles. The van der Waals surface area contributed by atoms with Gasteiger partial charge in [0.25, 0.3) is 0 Å². The highest BCUT2D eigenvalue weighted by Gasteiger charge is 2.12. The number of aliphatic hydroxyl groups excluding tert-OH is 1. The van der Waals surface area contributed by atoms with Crippen LogP contribution in [0.4, 0.5) is 0 Å². The van der Waals surface area contributed by atoms with Gasteiger partial charge in [-0.25, -0.2) is 8.42 Å². The minimum Gasteiger partial charge on any atom is -0.388 e. The van der Waals surface area contributed by atoms with Crippen LogP contribution < -0.4 is 0 Å². The van der Waals surface area contributed by atoms with Crippen LogP contribution in [0.3, 0.4) is 0 Å². The van der Waals surface area contributed by atoms with Crippen molar-refractivity contribution in [2.75, 3.05) is 6.26 Å². The number of hydrogen-bond donors (Lipinski definition) is 1. The molecule has 4 heteroatoms. The lowest BCUT2D eigenvalue weighted by molar-refractivity contribution is 0.163. The molecule has 1 atom stereocenters. The minimum atomic E-state index is -3.21. The van der Waals surface area contributed by atoms with Gasteiger partial charge in [-0.05, 0) is 24.1 Å². The fourth-order valence-electron chi connectivity index (χ4n) is 2.24. The van der Waals surface area contributed by atoms with Crippen molar-refractivity contribution in [3.05, 3.63) is 29.8 Å². The highest BCUT2D eigenvalue weighted by atomic mass is 32.2. The van der Waals surface area contributed by atoms with Crippen LogP contribution in [0, 0.1) is 0 Å². The molecule has 0 aliphatic carbocycles. The van der Waals surface area contributed by atoms with Crippen LogP contribution in [0.1, 0.15) is 63.5 Å². The van der Waals surface area contributed by atoms with Gasteiger partial charge in [-0.2, -0.15) is 0 Å². The summed E-state index contributed by atoms with van der Waals surface area (Å²) in [4.78, 5) is 0.275. The molecule has 3 nitrogen and oxygen atoms in total. The van der Waals surface area contributed by atoms with Crippen molar-refractivity contribution in [2.24, 2.45) is 0 Å². The van der Waals surface area contributed by atoms with Crippen molar-refractivity contribution in [1.82, 2.24) is 0 Å². The van der Waals surface area contributed by atoms with Crippen LogP contribution in [0.25, 0.3) is 0 Å². The highest BCUT2D eigenvalue weighted by molar-refractivity contribution is 7.90. The molecule has 0 fully saturated rings. The van der Waals surface area contributed by atoms with Crippen molar-refractivity contribution in [2.45, 2.75) is 62.9 Å². The predicted octanol–water partition coefficient (Wildman–Crippen LogP) is 3.87. The quantitative estimate of drug-likeness (QED) is 0.704. The molecule has 1 N–H and O–H groups in total. The third kappa shape index (κ3) is 6.06. The number of sulfone groups is 1. The first kappa shape index (κ1) is 17.2. The van der Waals surface area contributed by atoms with E-state index in [1.165, 1.54) is 31.9 Å². The van der Waals surface area contributed by atoms with Crippen molar-refractivity contribution in [3.8, 4) is 0 Å². The summed E-state index contributed by atoms with van der Waals surface area (Å²) in [7, 11) is -3.21. The molecule has 1 unspecified atom stereocenters. The Bertz CT molecular complexity index is 494. The molecule has 20 heavy (non-hydrogen) atoms. The zero-order chi connectivity index (χ0) is 15.0. The Morgan fingerprint density at radius 3 is 2.40 bits per heavy atom. The second-order valence-corrected chi connectivity index (χ2v) is 7.43. The maximum atomic E-state index is 11.5. The number of benzene rings is 1. The van der Waals surface area contributed by atoms with E-state index in [9.17, 15) is 13.5 Å². The normalized spacial score (nSPS) is 13.3. The lowest BCUT2D eigenvalue weighted by atomic mass is 10.0. The molecule has 0 saturated carbocycles. The first-order valence-corrected chi connectivity index (χ1v) is 9.32. The Morgan fingerprint density at radius 2 is 1.75 bits per heavy atom. The Morgan fingerprint density at radius 1 is 1.10 bits per heavy atom. The van der Waals surface area contributed by atoms with E-state index < -0.39 is 15.9 Å². The molecule has 0 bridgehead atoms. The molecule has 0 amide bonds. The maximum Gasteiger partial charge on any atom is 0.175 e. The smallest absolute Gasteiger partial charge is 0.175 e. The van der Waals surface area contributed by atoms with Gasteiger partial charge in [-0.15, -0.1) is 0 Å². The van der Waals surface area contributed by atoms with Crippen molar-refractivity contribution < 1.29 is 13.5 Å². The molecular formula is C16H26O3S. The number of unbranched alkanes of at least 4 members (excludes halogenated alkanes) is 5. The van der Waals surface area contributed by atoms with Crippen LogP contribution >= 0.6 is 0 Å². The summed E-state index contributed by atoms with van der Waals surface area (Å²) < 4.78 is 23.0. The zero-order valence-electron chi connectivity index (χ0n) is 12.5. The van der Waals surface area contributed by atoms with E-state index in [0.717, 1.165) is 12.8 Å². The molecular weight excluding hydrogens is 272 g/mol. The Labute approximate surface area is 123 Å². The van der Waals surface area contributed by atoms with Crippen LogP contribution in [-0.4, -0.2) is 19.8 Å². The highest BCUT2D eigenvalue weighted by Crippen LogP contribution is 2.22. The summed E-state index contributed by atoms with van der Waals surface area (Å²) in [6, 6.07) is 6.62. The largest absolute Gasteiger partial charge is 0.388 e. The topological polar surface area (TPSA) is 54.4 Å². The molecule has 1 aromatic carbocycles. The molecule has 0 aromatic heterocycles. The first-order chi connectivity index (χ1) is 9.45. The van der Waals surface area contributed by atoms with Crippen LogP contribution in [0.5, 0.6) is 0 Å². The maximum absolute atomic E-state index is 11.5. The fourth-order valence-corrected chi connectivity index (χ4v) is 2.91. The third-order valence-electron chi connectivity index (χ3n) is 3.50. The predicted molar refractivity (Wildman–Crippen MR) is 82.5 cm³/mol. The van der Waals surface area contributed by atoms with E-state index >= 15 is 0 Å². The average Bonchev–Trinajstić information content (AvgIpc) is 2.41. The first-order valence-electron chi connectivity index (χ1n) is 7.43. The number of aliphatic hydroxyl groups is 1. The monoisotopic (exact) mass is 298 g/mol. The van der Waals surface area contributed by atoms with Gasteiger partial charge in [-0.3, -0.25) is 0 Å². The van der Waals surface area contributed by atoms with Crippen LogP contribution in [0.15, 0.2) is 29.2 Å². The average molecular weight is 298 g/mol.